The zero-order valence-corrected chi connectivity index (χ0v) is 12.4. The maximum atomic E-state index is 5.31. The summed E-state index contributed by atoms with van der Waals surface area (Å²) in [6.07, 6.45) is 3.50. The van der Waals surface area contributed by atoms with Crippen LogP contribution in [0.3, 0.4) is 0 Å². The molecule has 0 aliphatic heterocycles. The minimum absolute atomic E-state index is 0.343. The van der Waals surface area contributed by atoms with Crippen molar-refractivity contribution in [3.8, 4) is 11.5 Å². The smallest absolute Gasteiger partial charge is 0.228 e. The molecule has 0 aliphatic carbocycles. The lowest BCUT2D eigenvalue weighted by molar-refractivity contribution is 0.345. The summed E-state index contributed by atoms with van der Waals surface area (Å²) in [6, 6.07) is 2.13. The highest BCUT2D eigenvalue weighted by molar-refractivity contribution is 5.46. The Morgan fingerprint density at radius 3 is 2.75 bits per heavy atom. The Hall–Kier alpha value is -1.82. The van der Waals surface area contributed by atoms with Crippen molar-refractivity contribution >= 4 is 0 Å². The average molecular weight is 275 g/mol. The Morgan fingerprint density at radius 1 is 1.30 bits per heavy atom. The van der Waals surface area contributed by atoms with Gasteiger partial charge in [0.05, 0.1) is 0 Å². The average Bonchev–Trinajstić information content (AvgIpc) is 2.86. The summed E-state index contributed by atoms with van der Waals surface area (Å²) in [5, 5.41) is 7.28. The fourth-order valence-corrected chi connectivity index (χ4v) is 2.11. The second kappa shape index (κ2) is 6.56. The lowest BCUT2D eigenvalue weighted by Gasteiger charge is -2.15. The molecular formula is C14H21N5O. The highest BCUT2D eigenvalue weighted by atomic mass is 16.5. The molecule has 1 atom stereocenters. The molecule has 2 rings (SSSR count). The molecule has 2 heterocycles. The van der Waals surface area contributed by atoms with E-state index in [9.17, 15) is 0 Å². The van der Waals surface area contributed by atoms with E-state index in [0.717, 1.165) is 12.8 Å². The third-order valence-electron chi connectivity index (χ3n) is 3.06. The van der Waals surface area contributed by atoms with Gasteiger partial charge in [-0.1, -0.05) is 19.0 Å². The van der Waals surface area contributed by atoms with Crippen molar-refractivity contribution in [2.24, 2.45) is 5.92 Å². The van der Waals surface area contributed by atoms with E-state index in [2.05, 4.69) is 39.3 Å². The van der Waals surface area contributed by atoms with Gasteiger partial charge in [-0.25, -0.2) is 9.97 Å². The number of nitrogens with zero attached hydrogens (tertiary/aromatic N) is 4. The van der Waals surface area contributed by atoms with E-state index in [1.807, 2.05) is 14.0 Å². The molecule has 6 nitrogen and oxygen atoms in total. The van der Waals surface area contributed by atoms with Crippen molar-refractivity contribution in [3.05, 3.63) is 24.0 Å². The van der Waals surface area contributed by atoms with E-state index in [-0.39, 0.29) is 0 Å². The third kappa shape index (κ3) is 3.84. The molecule has 0 saturated carbocycles. The van der Waals surface area contributed by atoms with Gasteiger partial charge in [0.15, 0.2) is 0 Å². The molecule has 0 spiro atoms. The molecule has 0 radical (unpaired) electrons. The summed E-state index contributed by atoms with van der Waals surface area (Å²) in [5.41, 5.74) is 0.692. The molecule has 2 aromatic rings. The van der Waals surface area contributed by atoms with Crippen molar-refractivity contribution in [1.29, 1.82) is 0 Å². The Morgan fingerprint density at radius 2 is 2.10 bits per heavy atom. The van der Waals surface area contributed by atoms with E-state index in [4.69, 9.17) is 4.52 Å². The van der Waals surface area contributed by atoms with Crippen LogP contribution in [0.4, 0.5) is 0 Å². The standard InChI is InChI=1S/C14H21N5O/c1-9(2)7-11(15-4)8-13-18-14(19-20-13)12-5-6-16-10(3)17-12/h5-6,9,11,15H,7-8H2,1-4H3. The van der Waals surface area contributed by atoms with E-state index in [1.165, 1.54) is 0 Å². The van der Waals surface area contributed by atoms with Gasteiger partial charge in [-0.3, -0.25) is 0 Å². The molecular weight excluding hydrogens is 254 g/mol. The molecule has 20 heavy (non-hydrogen) atoms. The maximum Gasteiger partial charge on any atom is 0.228 e. The predicted molar refractivity (Wildman–Crippen MR) is 76.1 cm³/mol. The van der Waals surface area contributed by atoms with Crippen LogP contribution < -0.4 is 5.32 Å². The second-order valence-corrected chi connectivity index (χ2v) is 5.32. The van der Waals surface area contributed by atoms with Crippen LogP contribution in [0, 0.1) is 12.8 Å². The fraction of sp³-hybridized carbons (Fsp3) is 0.571. The number of rotatable bonds is 6. The van der Waals surface area contributed by atoms with E-state index < -0.39 is 0 Å². The number of likely N-dealkylation sites (N-methyl/N-ethyl adjacent to an activating group) is 1. The SMILES string of the molecule is CNC(Cc1nc(-c2ccnc(C)n2)no1)CC(C)C. The zero-order chi connectivity index (χ0) is 14.5. The molecule has 0 aliphatic rings. The van der Waals surface area contributed by atoms with Gasteiger partial charge in [0.25, 0.3) is 0 Å². The fourth-order valence-electron chi connectivity index (χ4n) is 2.11. The van der Waals surface area contributed by atoms with Gasteiger partial charge in [-0.15, -0.1) is 0 Å². The summed E-state index contributed by atoms with van der Waals surface area (Å²) in [6.45, 7) is 6.24. The summed E-state index contributed by atoms with van der Waals surface area (Å²) >= 11 is 0. The molecule has 108 valence electrons. The summed E-state index contributed by atoms with van der Waals surface area (Å²) in [4.78, 5) is 12.8. The first-order chi connectivity index (χ1) is 9.58. The highest BCUT2D eigenvalue weighted by Gasteiger charge is 2.15. The number of nitrogens with one attached hydrogen (secondary N) is 1. The monoisotopic (exact) mass is 275 g/mol. The summed E-state index contributed by atoms with van der Waals surface area (Å²) in [7, 11) is 1.96. The molecule has 0 fully saturated rings. The van der Waals surface area contributed by atoms with Crippen LogP contribution in [-0.2, 0) is 6.42 Å². The van der Waals surface area contributed by atoms with Crippen molar-refractivity contribution in [1.82, 2.24) is 25.4 Å². The van der Waals surface area contributed by atoms with Crippen LogP contribution in [0.5, 0.6) is 0 Å². The van der Waals surface area contributed by atoms with E-state index in [1.54, 1.807) is 12.3 Å². The Bertz CT molecular complexity index is 552. The normalized spacial score (nSPS) is 12.8. The Kier molecular flexibility index (Phi) is 4.79. The van der Waals surface area contributed by atoms with Crippen molar-refractivity contribution in [2.75, 3.05) is 7.05 Å². The van der Waals surface area contributed by atoms with Crippen LogP contribution >= 0.6 is 0 Å². The minimum atomic E-state index is 0.343. The molecule has 0 saturated heterocycles. The minimum Gasteiger partial charge on any atom is -0.339 e. The van der Waals surface area contributed by atoms with E-state index in [0.29, 0.717) is 35.2 Å². The highest BCUT2D eigenvalue weighted by Crippen LogP contribution is 2.15. The number of aromatic nitrogens is 4. The maximum absolute atomic E-state index is 5.31. The first-order valence-electron chi connectivity index (χ1n) is 6.88. The lowest BCUT2D eigenvalue weighted by atomic mass is 10.0. The lowest BCUT2D eigenvalue weighted by Crippen LogP contribution is -2.29. The van der Waals surface area contributed by atoms with Crippen molar-refractivity contribution in [2.45, 2.75) is 39.7 Å². The van der Waals surface area contributed by atoms with Crippen LogP contribution in [0.1, 0.15) is 32.0 Å². The van der Waals surface area contributed by atoms with Crippen LogP contribution in [0.25, 0.3) is 11.5 Å². The third-order valence-corrected chi connectivity index (χ3v) is 3.06. The Labute approximate surface area is 119 Å². The Balaban J connectivity index is 2.09. The molecule has 6 heteroatoms. The molecule has 0 bridgehead atoms. The number of hydrogen-bond donors (Lipinski definition) is 1. The van der Waals surface area contributed by atoms with Gasteiger partial charge in [-0.2, -0.15) is 4.98 Å². The zero-order valence-electron chi connectivity index (χ0n) is 12.4. The largest absolute Gasteiger partial charge is 0.339 e. The first-order valence-corrected chi connectivity index (χ1v) is 6.88. The summed E-state index contributed by atoms with van der Waals surface area (Å²) in [5.74, 6) is 2.47. The number of hydrogen-bond acceptors (Lipinski definition) is 6. The van der Waals surface area contributed by atoms with Crippen LogP contribution in [0.2, 0.25) is 0 Å². The summed E-state index contributed by atoms with van der Waals surface area (Å²) < 4.78 is 5.31. The molecule has 1 N–H and O–H groups in total. The van der Waals surface area contributed by atoms with Gasteiger partial charge in [0.1, 0.15) is 11.5 Å². The quantitative estimate of drug-likeness (QED) is 0.869. The van der Waals surface area contributed by atoms with Gasteiger partial charge in [-0.05, 0) is 32.4 Å². The van der Waals surface area contributed by atoms with Crippen LogP contribution in [0.15, 0.2) is 16.8 Å². The van der Waals surface area contributed by atoms with Crippen molar-refractivity contribution in [3.63, 3.8) is 0 Å². The number of aryl methyl sites for hydroxylation is 1. The topological polar surface area (TPSA) is 76.7 Å². The van der Waals surface area contributed by atoms with Gasteiger partial charge >= 0.3 is 0 Å². The van der Waals surface area contributed by atoms with Crippen LogP contribution in [-0.4, -0.2) is 33.2 Å². The van der Waals surface area contributed by atoms with Gasteiger partial charge < -0.3 is 9.84 Å². The molecule has 0 aromatic carbocycles. The second-order valence-electron chi connectivity index (χ2n) is 5.32. The van der Waals surface area contributed by atoms with Crippen molar-refractivity contribution < 1.29 is 4.52 Å². The van der Waals surface area contributed by atoms with Gasteiger partial charge in [0.2, 0.25) is 11.7 Å². The van der Waals surface area contributed by atoms with E-state index >= 15 is 0 Å². The molecule has 2 aromatic heterocycles. The van der Waals surface area contributed by atoms with Gasteiger partial charge in [0, 0.05) is 18.7 Å². The predicted octanol–water partition coefficient (Wildman–Crippen LogP) is 2.01. The molecule has 1 unspecified atom stereocenters. The molecule has 0 amide bonds. The first kappa shape index (κ1) is 14.6.